The molecule has 5 nitrogen and oxygen atoms in total. The van der Waals surface area contributed by atoms with Crippen LogP contribution in [0.2, 0.25) is 0 Å². The molecular formula is C20H23N3O2. The zero-order chi connectivity index (χ0) is 18.1. The van der Waals surface area contributed by atoms with Gasteiger partial charge in [-0.1, -0.05) is 49.4 Å². The van der Waals surface area contributed by atoms with Gasteiger partial charge in [-0.3, -0.25) is 0 Å². The number of nitrogens with zero attached hydrogens (tertiary/aromatic N) is 1. The van der Waals surface area contributed by atoms with E-state index in [0.29, 0.717) is 31.5 Å². The second-order valence-electron chi connectivity index (χ2n) is 5.81. The maximum absolute atomic E-state index is 11.7. The molecule has 0 fully saturated rings. The molecule has 0 aliphatic carbocycles. The van der Waals surface area contributed by atoms with E-state index in [1.165, 1.54) is 0 Å². The maximum atomic E-state index is 11.7. The summed E-state index contributed by atoms with van der Waals surface area (Å²) < 4.78 is 0. The number of aliphatic hydroxyl groups excluding tert-OH is 1. The summed E-state index contributed by atoms with van der Waals surface area (Å²) in [5.74, 6) is 0. The monoisotopic (exact) mass is 337 g/mol. The zero-order valence-corrected chi connectivity index (χ0v) is 14.3. The van der Waals surface area contributed by atoms with Gasteiger partial charge in [0.1, 0.15) is 0 Å². The number of nitriles is 1. The third kappa shape index (κ3) is 5.63. The Morgan fingerprint density at radius 3 is 2.56 bits per heavy atom. The number of benzene rings is 2. The second kappa shape index (κ2) is 9.45. The van der Waals surface area contributed by atoms with Crippen molar-refractivity contribution in [2.45, 2.75) is 32.4 Å². The molecule has 0 saturated heterocycles. The average molecular weight is 337 g/mol. The Morgan fingerprint density at radius 1 is 1.16 bits per heavy atom. The molecule has 130 valence electrons. The van der Waals surface area contributed by atoms with E-state index in [1.54, 1.807) is 6.07 Å². The van der Waals surface area contributed by atoms with Crippen LogP contribution in [0.3, 0.4) is 0 Å². The SMILES string of the molecule is CCC(O)CCNC(=O)NCc1ccc(-c2ccccc2C#N)cc1. The largest absolute Gasteiger partial charge is 0.393 e. The van der Waals surface area contributed by atoms with Crippen LogP contribution in [-0.2, 0) is 6.54 Å². The molecule has 0 spiro atoms. The molecule has 0 bridgehead atoms. The first-order valence-corrected chi connectivity index (χ1v) is 8.42. The van der Waals surface area contributed by atoms with Crippen molar-refractivity contribution in [1.29, 1.82) is 5.26 Å². The predicted octanol–water partition coefficient (Wildman–Crippen LogP) is 3.19. The lowest BCUT2D eigenvalue weighted by Gasteiger charge is -2.10. The molecule has 1 unspecified atom stereocenters. The molecule has 0 radical (unpaired) electrons. The number of hydrogen-bond donors (Lipinski definition) is 3. The minimum Gasteiger partial charge on any atom is -0.393 e. The van der Waals surface area contributed by atoms with Gasteiger partial charge in [0.2, 0.25) is 0 Å². The van der Waals surface area contributed by atoms with E-state index < -0.39 is 0 Å². The van der Waals surface area contributed by atoms with Crippen LogP contribution in [0.4, 0.5) is 4.79 Å². The summed E-state index contributed by atoms with van der Waals surface area (Å²) in [5.41, 5.74) is 3.49. The Labute approximate surface area is 148 Å². The van der Waals surface area contributed by atoms with Crippen LogP contribution in [-0.4, -0.2) is 23.8 Å². The lowest BCUT2D eigenvalue weighted by Crippen LogP contribution is -2.36. The molecule has 0 aliphatic heterocycles. The van der Waals surface area contributed by atoms with Crippen molar-refractivity contribution in [2.24, 2.45) is 0 Å². The van der Waals surface area contributed by atoms with E-state index in [9.17, 15) is 15.2 Å². The minimum atomic E-state index is -0.371. The molecule has 0 saturated carbocycles. The number of hydrogen-bond acceptors (Lipinski definition) is 3. The van der Waals surface area contributed by atoms with Crippen molar-refractivity contribution < 1.29 is 9.90 Å². The van der Waals surface area contributed by atoms with Crippen LogP contribution >= 0.6 is 0 Å². The van der Waals surface area contributed by atoms with Crippen molar-refractivity contribution in [2.75, 3.05) is 6.54 Å². The molecule has 2 amide bonds. The first-order valence-electron chi connectivity index (χ1n) is 8.42. The molecule has 3 N–H and O–H groups in total. The Hall–Kier alpha value is -2.84. The van der Waals surface area contributed by atoms with Crippen LogP contribution in [0.25, 0.3) is 11.1 Å². The van der Waals surface area contributed by atoms with E-state index in [1.807, 2.05) is 49.4 Å². The van der Waals surface area contributed by atoms with E-state index in [-0.39, 0.29) is 12.1 Å². The molecule has 2 aromatic rings. The summed E-state index contributed by atoms with van der Waals surface area (Å²) in [6.45, 7) is 2.77. The zero-order valence-electron chi connectivity index (χ0n) is 14.3. The fourth-order valence-corrected chi connectivity index (χ4v) is 2.44. The number of amides is 2. The molecule has 0 heterocycles. The molecule has 1 atom stereocenters. The second-order valence-corrected chi connectivity index (χ2v) is 5.81. The number of urea groups is 1. The number of carbonyl (C=O) groups excluding carboxylic acids is 1. The third-order valence-corrected chi connectivity index (χ3v) is 4.00. The summed E-state index contributed by atoms with van der Waals surface area (Å²) in [6.07, 6.45) is 0.866. The lowest BCUT2D eigenvalue weighted by molar-refractivity contribution is 0.160. The summed E-state index contributed by atoms with van der Waals surface area (Å²) in [4.78, 5) is 11.7. The lowest BCUT2D eigenvalue weighted by atomic mass is 9.99. The predicted molar refractivity (Wildman–Crippen MR) is 97.7 cm³/mol. The summed E-state index contributed by atoms with van der Waals surface area (Å²) in [6, 6.07) is 17.2. The number of aliphatic hydroxyl groups is 1. The van der Waals surface area contributed by atoms with Crippen LogP contribution in [0, 0.1) is 11.3 Å². The topological polar surface area (TPSA) is 85.2 Å². The van der Waals surface area contributed by atoms with Crippen LogP contribution < -0.4 is 10.6 Å². The van der Waals surface area contributed by atoms with E-state index in [4.69, 9.17) is 0 Å². The highest BCUT2D eigenvalue weighted by molar-refractivity contribution is 5.74. The smallest absolute Gasteiger partial charge is 0.315 e. The van der Waals surface area contributed by atoms with Crippen LogP contribution in [0.5, 0.6) is 0 Å². The summed E-state index contributed by atoms with van der Waals surface area (Å²) >= 11 is 0. The first-order chi connectivity index (χ1) is 12.1. The molecule has 2 rings (SSSR count). The molecule has 25 heavy (non-hydrogen) atoms. The van der Waals surface area contributed by atoms with E-state index in [0.717, 1.165) is 16.7 Å². The van der Waals surface area contributed by atoms with Crippen molar-refractivity contribution in [3.8, 4) is 17.2 Å². The van der Waals surface area contributed by atoms with Gasteiger partial charge in [0.25, 0.3) is 0 Å². The minimum absolute atomic E-state index is 0.248. The Bertz CT molecular complexity index is 735. The average Bonchev–Trinajstić information content (AvgIpc) is 2.66. The van der Waals surface area contributed by atoms with Gasteiger partial charge in [-0.05, 0) is 35.6 Å². The quantitative estimate of drug-likeness (QED) is 0.725. The summed E-state index contributed by atoms with van der Waals surface area (Å²) in [7, 11) is 0. The van der Waals surface area contributed by atoms with Crippen LogP contribution in [0.1, 0.15) is 30.9 Å². The number of rotatable bonds is 7. The molecule has 5 heteroatoms. The highest BCUT2D eigenvalue weighted by Crippen LogP contribution is 2.23. The third-order valence-electron chi connectivity index (χ3n) is 4.00. The van der Waals surface area contributed by atoms with Crippen molar-refractivity contribution >= 4 is 6.03 Å². The van der Waals surface area contributed by atoms with E-state index >= 15 is 0 Å². The standard InChI is InChI=1S/C20H23N3O2/c1-2-18(24)11-12-22-20(25)23-14-15-7-9-16(10-8-15)19-6-4-3-5-17(19)13-21/h3-10,18,24H,2,11-12,14H2,1H3,(H2,22,23,25). The van der Waals surface area contributed by atoms with Gasteiger partial charge >= 0.3 is 6.03 Å². The summed E-state index contributed by atoms with van der Waals surface area (Å²) in [5, 5.41) is 24.1. The number of nitrogens with one attached hydrogen (secondary N) is 2. The first kappa shape index (κ1) is 18.5. The van der Waals surface area contributed by atoms with Gasteiger partial charge in [0, 0.05) is 13.1 Å². The van der Waals surface area contributed by atoms with Crippen molar-refractivity contribution in [3.63, 3.8) is 0 Å². The fraction of sp³-hybridized carbons (Fsp3) is 0.300. The van der Waals surface area contributed by atoms with Crippen molar-refractivity contribution in [1.82, 2.24) is 10.6 Å². The fourth-order valence-electron chi connectivity index (χ4n) is 2.44. The van der Waals surface area contributed by atoms with Gasteiger partial charge in [0.05, 0.1) is 17.7 Å². The van der Waals surface area contributed by atoms with Crippen LogP contribution in [0.15, 0.2) is 48.5 Å². The van der Waals surface area contributed by atoms with Gasteiger partial charge in [-0.25, -0.2) is 4.79 Å². The van der Waals surface area contributed by atoms with Crippen molar-refractivity contribution in [3.05, 3.63) is 59.7 Å². The number of carbonyl (C=O) groups is 1. The Morgan fingerprint density at radius 2 is 1.88 bits per heavy atom. The Kier molecular flexibility index (Phi) is 7.00. The van der Waals surface area contributed by atoms with Gasteiger partial charge < -0.3 is 15.7 Å². The van der Waals surface area contributed by atoms with E-state index in [2.05, 4.69) is 16.7 Å². The maximum Gasteiger partial charge on any atom is 0.315 e. The molecule has 2 aromatic carbocycles. The highest BCUT2D eigenvalue weighted by Gasteiger charge is 2.05. The van der Waals surface area contributed by atoms with Gasteiger partial charge in [-0.15, -0.1) is 0 Å². The molecular weight excluding hydrogens is 314 g/mol. The molecule has 0 aliphatic rings. The molecule has 0 aromatic heterocycles. The normalized spacial score (nSPS) is 11.4. The van der Waals surface area contributed by atoms with Gasteiger partial charge in [0.15, 0.2) is 0 Å². The highest BCUT2D eigenvalue weighted by atomic mass is 16.3. The Balaban J connectivity index is 1.86. The van der Waals surface area contributed by atoms with Gasteiger partial charge in [-0.2, -0.15) is 5.26 Å².